The molecule has 96 valence electrons. The SMILES string of the molecule is CCC(c1cccs1)N1C(=O)C2CNCC2C1=O. The van der Waals surface area contributed by atoms with Gasteiger partial charge in [0.15, 0.2) is 0 Å². The van der Waals surface area contributed by atoms with Crippen LogP contribution in [0.15, 0.2) is 17.5 Å². The molecule has 2 aliphatic rings. The van der Waals surface area contributed by atoms with Crippen molar-refractivity contribution >= 4 is 23.2 Å². The van der Waals surface area contributed by atoms with Crippen molar-refractivity contribution in [1.82, 2.24) is 10.2 Å². The van der Waals surface area contributed by atoms with Crippen LogP contribution in [-0.2, 0) is 9.59 Å². The van der Waals surface area contributed by atoms with E-state index in [-0.39, 0.29) is 29.7 Å². The molecule has 2 aliphatic heterocycles. The van der Waals surface area contributed by atoms with Gasteiger partial charge in [-0.2, -0.15) is 0 Å². The lowest BCUT2D eigenvalue weighted by atomic mass is 10.00. The Labute approximate surface area is 110 Å². The summed E-state index contributed by atoms with van der Waals surface area (Å²) in [6.45, 7) is 3.32. The Balaban J connectivity index is 1.92. The molecule has 3 atom stereocenters. The number of carbonyl (C=O) groups is 2. The van der Waals surface area contributed by atoms with Gasteiger partial charge in [0.1, 0.15) is 0 Å². The number of hydrogen-bond donors (Lipinski definition) is 1. The standard InChI is InChI=1S/C13H16N2O2S/c1-2-10(11-4-3-5-18-11)15-12(16)8-6-14-7-9(8)13(15)17/h3-5,8-10,14H,2,6-7H2,1H3. The van der Waals surface area contributed by atoms with Crippen molar-refractivity contribution in [3.63, 3.8) is 0 Å². The van der Waals surface area contributed by atoms with Crippen LogP contribution < -0.4 is 5.32 Å². The highest BCUT2D eigenvalue weighted by Gasteiger charge is 2.51. The number of imide groups is 1. The maximum atomic E-state index is 12.4. The van der Waals surface area contributed by atoms with Gasteiger partial charge in [0.2, 0.25) is 11.8 Å². The van der Waals surface area contributed by atoms with Gasteiger partial charge >= 0.3 is 0 Å². The zero-order valence-corrected chi connectivity index (χ0v) is 11.1. The van der Waals surface area contributed by atoms with Crippen LogP contribution in [0.2, 0.25) is 0 Å². The minimum absolute atomic E-state index is 0.00949. The first-order valence-corrected chi connectivity index (χ1v) is 7.23. The number of amides is 2. The Morgan fingerprint density at radius 3 is 2.56 bits per heavy atom. The Morgan fingerprint density at radius 2 is 2.06 bits per heavy atom. The van der Waals surface area contributed by atoms with Crippen molar-refractivity contribution in [3.8, 4) is 0 Å². The topological polar surface area (TPSA) is 49.4 Å². The lowest BCUT2D eigenvalue weighted by molar-refractivity contribution is -0.143. The molecule has 0 spiro atoms. The molecule has 3 heterocycles. The summed E-state index contributed by atoms with van der Waals surface area (Å²) in [6.07, 6.45) is 0.783. The molecule has 0 radical (unpaired) electrons. The average molecular weight is 264 g/mol. The van der Waals surface area contributed by atoms with E-state index in [0.717, 1.165) is 11.3 Å². The van der Waals surface area contributed by atoms with Gasteiger partial charge < -0.3 is 5.32 Å². The van der Waals surface area contributed by atoms with E-state index in [2.05, 4.69) is 5.32 Å². The number of nitrogens with zero attached hydrogens (tertiary/aromatic N) is 1. The third-order valence-electron chi connectivity index (χ3n) is 3.89. The molecule has 2 fully saturated rings. The number of fused-ring (bicyclic) bond motifs is 1. The monoisotopic (exact) mass is 264 g/mol. The third-order valence-corrected chi connectivity index (χ3v) is 4.87. The van der Waals surface area contributed by atoms with Crippen LogP contribution in [0.25, 0.3) is 0 Å². The molecule has 3 rings (SSSR count). The summed E-state index contributed by atoms with van der Waals surface area (Å²) in [5.74, 6) is -0.247. The predicted octanol–water partition coefficient (Wildman–Crippen LogP) is 1.40. The second-order valence-corrected chi connectivity index (χ2v) is 5.84. The minimum atomic E-state index is -0.133. The average Bonchev–Trinajstić information content (AvgIpc) is 3.06. The largest absolute Gasteiger partial charge is 0.315 e. The van der Waals surface area contributed by atoms with Crippen molar-refractivity contribution in [1.29, 1.82) is 0 Å². The summed E-state index contributed by atoms with van der Waals surface area (Å²) in [5.41, 5.74) is 0. The Hall–Kier alpha value is -1.20. The van der Waals surface area contributed by atoms with Crippen LogP contribution in [0.4, 0.5) is 0 Å². The van der Waals surface area contributed by atoms with E-state index >= 15 is 0 Å². The van der Waals surface area contributed by atoms with Gasteiger partial charge in [0, 0.05) is 18.0 Å². The lowest BCUT2D eigenvalue weighted by Crippen LogP contribution is -2.37. The van der Waals surface area contributed by atoms with Gasteiger partial charge in [-0.25, -0.2) is 0 Å². The van der Waals surface area contributed by atoms with Crippen LogP contribution >= 0.6 is 11.3 Å². The van der Waals surface area contributed by atoms with Gasteiger partial charge in [-0.15, -0.1) is 11.3 Å². The van der Waals surface area contributed by atoms with Crippen molar-refractivity contribution in [3.05, 3.63) is 22.4 Å². The molecule has 0 aromatic carbocycles. The molecule has 1 aromatic rings. The molecule has 4 nitrogen and oxygen atoms in total. The smallest absolute Gasteiger partial charge is 0.235 e. The normalized spacial score (nSPS) is 28.8. The van der Waals surface area contributed by atoms with E-state index < -0.39 is 0 Å². The molecular formula is C13H16N2O2S. The predicted molar refractivity (Wildman–Crippen MR) is 69.1 cm³/mol. The first kappa shape index (κ1) is 11.9. The molecule has 2 saturated heterocycles. The number of likely N-dealkylation sites (tertiary alicyclic amines) is 1. The quantitative estimate of drug-likeness (QED) is 0.840. The fourth-order valence-corrected chi connectivity index (χ4v) is 3.86. The summed E-state index contributed by atoms with van der Waals surface area (Å²) < 4.78 is 0. The molecule has 2 amide bonds. The van der Waals surface area contributed by atoms with Gasteiger partial charge in [0.25, 0.3) is 0 Å². The number of hydrogen-bond acceptors (Lipinski definition) is 4. The van der Waals surface area contributed by atoms with Crippen LogP contribution in [0, 0.1) is 11.8 Å². The number of rotatable bonds is 3. The van der Waals surface area contributed by atoms with Crippen molar-refractivity contribution in [2.24, 2.45) is 11.8 Å². The van der Waals surface area contributed by atoms with Crippen molar-refractivity contribution in [2.75, 3.05) is 13.1 Å². The molecule has 1 aromatic heterocycles. The number of carbonyl (C=O) groups excluding carboxylic acids is 2. The van der Waals surface area contributed by atoms with E-state index in [1.54, 1.807) is 11.3 Å². The number of nitrogens with one attached hydrogen (secondary N) is 1. The van der Waals surface area contributed by atoms with Gasteiger partial charge in [-0.3, -0.25) is 14.5 Å². The summed E-state index contributed by atoms with van der Waals surface area (Å²) >= 11 is 1.61. The van der Waals surface area contributed by atoms with Crippen molar-refractivity contribution < 1.29 is 9.59 Å². The second kappa shape index (κ2) is 4.48. The van der Waals surface area contributed by atoms with Crippen LogP contribution in [0.1, 0.15) is 24.3 Å². The second-order valence-electron chi connectivity index (χ2n) is 4.86. The van der Waals surface area contributed by atoms with Crippen LogP contribution in [0.3, 0.4) is 0 Å². The van der Waals surface area contributed by atoms with E-state index in [4.69, 9.17) is 0 Å². The molecule has 1 N–H and O–H groups in total. The van der Waals surface area contributed by atoms with Gasteiger partial charge in [-0.1, -0.05) is 13.0 Å². The van der Waals surface area contributed by atoms with Crippen molar-refractivity contribution in [2.45, 2.75) is 19.4 Å². The Bertz CT molecular complexity index is 449. The highest BCUT2D eigenvalue weighted by Crippen LogP contribution is 2.37. The molecule has 0 aliphatic carbocycles. The Kier molecular flexibility index (Phi) is 2.95. The number of thiophene rings is 1. The summed E-state index contributed by atoms with van der Waals surface area (Å²) in [5, 5.41) is 5.12. The molecular weight excluding hydrogens is 248 g/mol. The van der Waals surface area contributed by atoms with E-state index in [1.165, 1.54) is 4.90 Å². The first-order chi connectivity index (χ1) is 8.74. The maximum Gasteiger partial charge on any atom is 0.235 e. The van der Waals surface area contributed by atoms with E-state index in [0.29, 0.717) is 13.1 Å². The van der Waals surface area contributed by atoms with Gasteiger partial charge in [-0.05, 0) is 17.9 Å². The maximum absolute atomic E-state index is 12.4. The first-order valence-electron chi connectivity index (χ1n) is 6.35. The highest BCUT2D eigenvalue weighted by molar-refractivity contribution is 7.10. The minimum Gasteiger partial charge on any atom is -0.315 e. The van der Waals surface area contributed by atoms with E-state index in [9.17, 15) is 9.59 Å². The third kappa shape index (κ3) is 1.61. The zero-order chi connectivity index (χ0) is 12.7. The molecule has 0 saturated carbocycles. The fraction of sp³-hybridized carbons (Fsp3) is 0.538. The molecule has 5 heteroatoms. The molecule has 18 heavy (non-hydrogen) atoms. The summed E-state index contributed by atoms with van der Waals surface area (Å²) in [4.78, 5) is 27.3. The van der Waals surface area contributed by atoms with Crippen LogP contribution in [0.5, 0.6) is 0 Å². The Morgan fingerprint density at radius 1 is 1.39 bits per heavy atom. The summed E-state index contributed by atoms with van der Waals surface area (Å²) in [7, 11) is 0. The molecule has 0 bridgehead atoms. The highest BCUT2D eigenvalue weighted by atomic mass is 32.1. The fourth-order valence-electron chi connectivity index (χ4n) is 2.96. The zero-order valence-electron chi connectivity index (χ0n) is 10.3. The summed E-state index contributed by atoms with van der Waals surface area (Å²) in [6, 6.07) is 3.90. The van der Waals surface area contributed by atoms with Crippen LogP contribution in [-0.4, -0.2) is 29.8 Å². The molecule has 3 unspecified atom stereocenters. The lowest BCUT2D eigenvalue weighted by Gasteiger charge is -2.25. The van der Waals surface area contributed by atoms with Gasteiger partial charge in [0.05, 0.1) is 17.9 Å². The van der Waals surface area contributed by atoms with E-state index in [1.807, 2.05) is 24.4 Å².